The van der Waals surface area contributed by atoms with E-state index in [1.165, 1.54) is 28.4 Å². The molecule has 12 heteroatoms. The van der Waals surface area contributed by atoms with Gasteiger partial charge in [-0.3, -0.25) is 14.7 Å². The predicted molar refractivity (Wildman–Crippen MR) is 169 cm³/mol. The molecule has 0 unspecified atom stereocenters. The summed E-state index contributed by atoms with van der Waals surface area (Å²) in [7, 11) is 3.76. The van der Waals surface area contributed by atoms with Gasteiger partial charge >= 0.3 is 12.1 Å². The Morgan fingerprint density at radius 3 is 2.59 bits per heavy atom. The molecular formula is C32H31FN6O4S. The number of rotatable bonds is 7. The Morgan fingerprint density at radius 1 is 1.05 bits per heavy atom. The Balaban J connectivity index is 1.12. The van der Waals surface area contributed by atoms with Gasteiger partial charge in [-0.05, 0) is 56.4 Å². The first-order valence-corrected chi connectivity index (χ1v) is 15.0. The first-order chi connectivity index (χ1) is 21.3. The number of pyridine rings is 1. The van der Waals surface area contributed by atoms with Gasteiger partial charge in [-0.1, -0.05) is 24.3 Å². The smallest absolute Gasteiger partial charge is 0.332 e. The van der Waals surface area contributed by atoms with Gasteiger partial charge < -0.3 is 19.9 Å². The lowest BCUT2D eigenvalue weighted by Gasteiger charge is -2.27. The lowest BCUT2D eigenvalue weighted by atomic mass is 10.1. The van der Waals surface area contributed by atoms with Crippen LogP contribution in [0.2, 0.25) is 0 Å². The normalized spacial score (nSPS) is 15.2. The largest absolute Gasteiger partial charge is 0.453 e. The molecule has 44 heavy (non-hydrogen) atoms. The van der Waals surface area contributed by atoms with Gasteiger partial charge in [0.15, 0.2) is 11.6 Å². The second kappa shape index (κ2) is 12.4. The van der Waals surface area contributed by atoms with Gasteiger partial charge in [0.1, 0.15) is 5.75 Å². The van der Waals surface area contributed by atoms with Crippen molar-refractivity contribution >= 4 is 56.5 Å². The van der Waals surface area contributed by atoms with Gasteiger partial charge in [0, 0.05) is 54.2 Å². The third kappa shape index (κ3) is 6.12. The van der Waals surface area contributed by atoms with Gasteiger partial charge in [-0.2, -0.15) is 0 Å². The van der Waals surface area contributed by atoms with Crippen LogP contribution in [0.1, 0.15) is 11.3 Å². The molecule has 6 rings (SSSR count). The molecular weight excluding hydrogens is 583 g/mol. The summed E-state index contributed by atoms with van der Waals surface area (Å²) in [5, 5.41) is 2.61. The van der Waals surface area contributed by atoms with Crippen molar-refractivity contribution in [3.05, 3.63) is 83.6 Å². The fourth-order valence-corrected chi connectivity index (χ4v) is 6.32. The highest BCUT2D eigenvalue weighted by molar-refractivity contribution is 7.20. The van der Waals surface area contributed by atoms with E-state index in [4.69, 9.17) is 4.74 Å². The van der Waals surface area contributed by atoms with Gasteiger partial charge in [-0.25, -0.2) is 18.9 Å². The molecule has 0 spiro atoms. The molecule has 0 radical (unpaired) electrons. The van der Waals surface area contributed by atoms with E-state index in [1.807, 2.05) is 48.2 Å². The molecule has 0 aliphatic carbocycles. The summed E-state index contributed by atoms with van der Waals surface area (Å²) in [6.07, 6.45) is 4.42. The average molecular weight is 615 g/mol. The summed E-state index contributed by atoms with van der Waals surface area (Å²) in [5.41, 5.74) is 2.78. The van der Waals surface area contributed by atoms with Crippen LogP contribution in [0.3, 0.4) is 0 Å². The Bertz CT molecular complexity index is 1760. The fraction of sp³-hybridized carbons (Fsp3) is 0.250. The Kier molecular flexibility index (Phi) is 8.27. The third-order valence-corrected chi connectivity index (χ3v) is 8.65. The zero-order chi connectivity index (χ0) is 30.8. The molecule has 1 N–H and O–H groups in total. The van der Waals surface area contributed by atoms with Crippen molar-refractivity contribution in [3.63, 3.8) is 0 Å². The number of urea groups is 2. The average Bonchev–Trinajstić information content (AvgIpc) is 3.63. The Hall–Kier alpha value is -4.81. The van der Waals surface area contributed by atoms with Crippen LogP contribution in [-0.4, -0.2) is 84.5 Å². The highest BCUT2D eigenvalue weighted by atomic mass is 32.1. The number of likely N-dealkylation sites (N-methyl/N-ethyl adjacent to an activating group) is 1. The van der Waals surface area contributed by atoms with E-state index in [9.17, 15) is 14.4 Å². The molecule has 226 valence electrons. The first kappa shape index (κ1) is 29.3. The zero-order valence-electron chi connectivity index (χ0n) is 24.3. The van der Waals surface area contributed by atoms with E-state index in [2.05, 4.69) is 16.4 Å². The molecule has 10 nitrogen and oxygen atoms in total. The zero-order valence-corrected chi connectivity index (χ0v) is 25.1. The summed E-state index contributed by atoms with van der Waals surface area (Å²) < 4.78 is 21.9. The number of anilines is 2. The molecule has 0 atom stereocenters. The topological polar surface area (TPSA) is 98.3 Å². The van der Waals surface area contributed by atoms with Gasteiger partial charge in [0.05, 0.1) is 23.3 Å². The van der Waals surface area contributed by atoms with E-state index >= 15 is 4.39 Å². The lowest BCUT2D eigenvalue weighted by Crippen LogP contribution is -2.40. The second-order valence-electron chi connectivity index (χ2n) is 10.8. The summed E-state index contributed by atoms with van der Waals surface area (Å²) >= 11 is 1.51. The molecule has 2 aliphatic rings. The Labute approximate surface area is 257 Å². The molecule has 0 saturated carbocycles. The maximum absolute atomic E-state index is 15.2. The highest BCUT2D eigenvalue weighted by Crippen LogP contribution is 2.39. The fourth-order valence-electron chi connectivity index (χ4n) is 5.19. The monoisotopic (exact) mass is 614 g/mol. The van der Waals surface area contributed by atoms with E-state index < -0.39 is 17.9 Å². The van der Waals surface area contributed by atoms with Gasteiger partial charge in [-0.15, -0.1) is 11.3 Å². The third-order valence-electron chi connectivity index (χ3n) is 7.43. The molecule has 1 fully saturated rings. The number of ether oxygens (including phenoxy) is 1. The number of carbonyl (C=O) groups is 3. The maximum atomic E-state index is 15.2. The maximum Gasteiger partial charge on any atom is 0.332 e. The Morgan fingerprint density at radius 2 is 1.86 bits per heavy atom. The molecule has 4 heterocycles. The van der Waals surface area contributed by atoms with Crippen LogP contribution in [0.4, 0.5) is 25.4 Å². The van der Waals surface area contributed by atoms with Crippen LogP contribution in [0, 0.1) is 5.82 Å². The molecule has 2 aliphatic heterocycles. The minimum atomic E-state index is -0.666. The number of hydrogen-bond acceptors (Lipinski definition) is 7. The summed E-state index contributed by atoms with van der Waals surface area (Å²) in [4.78, 5) is 49.9. The predicted octanol–water partition coefficient (Wildman–Crippen LogP) is 5.88. The van der Waals surface area contributed by atoms with Gasteiger partial charge in [0.25, 0.3) is 0 Å². The van der Waals surface area contributed by atoms with Crippen LogP contribution >= 0.6 is 11.3 Å². The number of hydrogen-bond donors (Lipinski definition) is 1. The number of benzene rings is 2. The van der Waals surface area contributed by atoms with Crippen LogP contribution in [-0.2, 0) is 4.79 Å². The van der Waals surface area contributed by atoms with E-state index in [-0.39, 0.29) is 23.9 Å². The molecule has 0 bridgehead atoms. The minimum Gasteiger partial charge on any atom is -0.453 e. The van der Waals surface area contributed by atoms with Crippen LogP contribution in [0.5, 0.6) is 11.5 Å². The van der Waals surface area contributed by atoms with E-state index in [0.29, 0.717) is 37.6 Å². The second-order valence-corrected chi connectivity index (χ2v) is 11.8. The number of carbonyl (C=O) groups excluding carboxylic acids is 3. The number of halogens is 1. The van der Waals surface area contributed by atoms with Crippen molar-refractivity contribution in [1.29, 1.82) is 0 Å². The highest BCUT2D eigenvalue weighted by Gasteiger charge is 2.34. The standard InChI is InChI=1S/C32H31FN6O4S/c1-36(2)20-29(40)37-14-11-21(12-15-37)28-19-25-30(44-28)27(10-13-34-25)43-26-9-8-22(18-24(26)33)35-31(41)39-17-16-38(32(39)42)23-6-4-3-5-7-23/h3-11,13,18-19H,12,14-17,20H2,1-2H3,(H,35,41). The number of aromatic nitrogens is 1. The summed E-state index contributed by atoms with van der Waals surface area (Å²) in [6, 6.07) is 15.8. The number of imide groups is 1. The summed E-state index contributed by atoms with van der Waals surface area (Å²) in [6.45, 7) is 2.17. The number of thiophene rings is 1. The van der Waals surface area contributed by atoms with Crippen molar-refractivity contribution in [2.75, 3.05) is 57.0 Å². The van der Waals surface area contributed by atoms with E-state index in [1.54, 1.807) is 24.4 Å². The molecule has 2 aromatic heterocycles. The van der Waals surface area contributed by atoms with Crippen molar-refractivity contribution in [2.24, 2.45) is 0 Å². The molecule has 5 amide bonds. The quantitative estimate of drug-likeness (QED) is 0.279. The van der Waals surface area contributed by atoms with Gasteiger partial charge in [0.2, 0.25) is 5.91 Å². The first-order valence-electron chi connectivity index (χ1n) is 14.2. The number of para-hydroxylation sites is 1. The van der Waals surface area contributed by atoms with Crippen LogP contribution < -0.4 is 15.0 Å². The molecule has 1 saturated heterocycles. The van der Waals surface area contributed by atoms with E-state index in [0.717, 1.165) is 38.1 Å². The van der Waals surface area contributed by atoms with Crippen molar-refractivity contribution < 1.29 is 23.5 Å². The number of fused-ring (bicyclic) bond motifs is 1. The number of nitrogens with one attached hydrogen (secondary N) is 1. The van der Waals surface area contributed by atoms with Crippen LogP contribution in [0.15, 0.2) is 72.9 Å². The number of nitrogens with zero attached hydrogens (tertiary/aromatic N) is 5. The number of amides is 5. The molecule has 4 aromatic rings. The molecule has 2 aromatic carbocycles. The summed E-state index contributed by atoms with van der Waals surface area (Å²) in [5.74, 6) is -0.110. The van der Waals surface area contributed by atoms with Crippen LogP contribution in [0.25, 0.3) is 15.8 Å². The van der Waals surface area contributed by atoms with Crippen molar-refractivity contribution in [2.45, 2.75) is 6.42 Å². The van der Waals surface area contributed by atoms with Crippen molar-refractivity contribution in [3.8, 4) is 11.5 Å². The minimum absolute atomic E-state index is 0.00937. The lowest BCUT2D eigenvalue weighted by molar-refractivity contribution is -0.131. The van der Waals surface area contributed by atoms with Crippen molar-refractivity contribution in [1.82, 2.24) is 19.7 Å². The SMILES string of the molecule is CN(C)CC(=O)N1CC=C(c2cc3nccc(Oc4ccc(NC(=O)N5CCN(c6ccccc6)C5=O)cc4F)c3s2)CC1.